The van der Waals surface area contributed by atoms with Gasteiger partial charge in [0, 0.05) is 34.5 Å². The highest BCUT2D eigenvalue weighted by atomic mass is 79.9. The fourth-order valence-corrected chi connectivity index (χ4v) is 5.33. The number of aromatic nitrogens is 1. The molecule has 0 spiro atoms. The molecule has 0 radical (unpaired) electrons. The topological polar surface area (TPSA) is 28.3 Å². The second kappa shape index (κ2) is 9.43. The minimum Gasteiger partial charge on any atom is -0.495 e. The average Bonchev–Trinajstić information content (AvgIpc) is 3.10. The summed E-state index contributed by atoms with van der Waals surface area (Å²) >= 11 is 7.17. The molecule has 26 heavy (non-hydrogen) atoms. The van der Waals surface area contributed by atoms with Crippen LogP contribution in [0.3, 0.4) is 0 Å². The predicted octanol–water partition coefficient (Wildman–Crippen LogP) is 6.62. The van der Waals surface area contributed by atoms with Gasteiger partial charge in [-0.15, -0.1) is 0 Å². The van der Waals surface area contributed by atoms with Crippen LogP contribution in [0.25, 0.3) is 11.3 Å². The number of hydrogen-bond donors (Lipinski definition) is 1. The van der Waals surface area contributed by atoms with Crippen LogP contribution in [0.2, 0.25) is 0 Å². The molecule has 0 amide bonds. The molecule has 5 heteroatoms. The van der Waals surface area contributed by atoms with Gasteiger partial charge in [-0.1, -0.05) is 42.1 Å². The Morgan fingerprint density at radius 1 is 1.15 bits per heavy atom. The van der Waals surface area contributed by atoms with Crippen molar-refractivity contribution < 1.29 is 4.74 Å². The smallest absolute Gasteiger partial charge is 0.142 e. The van der Waals surface area contributed by atoms with E-state index in [1.807, 2.05) is 6.07 Å². The first-order valence-electron chi connectivity index (χ1n) is 9.54. The summed E-state index contributed by atoms with van der Waals surface area (Å²) < 4.78 is 7.58. The zero-order valence-corrected chi connectivity index (χ0v) is 18.8. The molecule has 0 unspecified atom stereocenters. The van der Waals surface area contributed by atoms with E-state index < -0.39 is 0 Å². The summed E-state index contributed by atoms with van der Waals surface area (Å²) in [5.74, 6) is 1.73. The van der Waals surface area contributed by atoms with Crippen LogP contribution in [0.1, 0.15) is 44.7 Å². The van der Waals surface area contributed by atoms with Crippen LogP contribution in [0.5, 0.6) is 5.75 Å². The van der Waals surface area contributed by atoms with Crippen molar-refractivity contribution in [2.75, 3.05) is 20.2 Å². The maximum absolute atomic E-state index is 5.60. The van der Waals surface area contributed by atoms with E-state index in [0.717, 1.165) is 45.0 Å². The van der Waals surface area contributed by atoms with Gasteiger partial charge in [-0.3, -0.25) is 4.90 Å². The Balaban J connectivity index is 1.73. The lowest BCUT2D eigenvalue weighted by Crippen LogP contribution is -2.30. The molecule has 1 aliphatic rings. The van der Waals surface area contributed by atoms with Gasteiger partial charge in [0.15, 0.2) is 0 Å². The zero-order valence-electron chi connectivity index (χ0n) is 15.7. The van der Waals surface area contributed by atoms with Gasteiger partial charge >= 0.3 is 0 Å². The summed E-state index contributed by atoms with van der Waals surface area (Å²) in [6.07, 6.45) is 7.04. The van der Waals surface area contributed by atoms with E-state index >= 15 is 0 Å². The molecule has 0 bridgehead atoms. The first-order chi connectivity index (χ1) is 12.6. The lowest BCUT2D eigenvalue weighted by Gasteiger charge is -2.28. The molecule has 3 nitrogen and oxygen atoms in total. The summed E-state index contributed by atoms with van der Waals surface area (Å²) in [5.41, 5.74) is 3.42. The van der Waals surface area contributed by atoms with Crippen LogP contribution in [0.4, 0.5) is 0 Å². The number of H-pyrrole nitrogens is 1. The molecule has 2 aromatic rings. The summed E-state index contributed by atoms with van der Waals surface area (Å²) in [7, 11) is 1.71. The van der Waals surface area contributed by atoms with E-state index in [1.165, 1.54) is 44.3 Å². The molecule has 1 fully saturated rings. The van der Waals surface area contributed by atoms with E-state index in [4.69, 9.17) is 4.74 Å². The van der Waals surface area contributed by atoms with Crippen molar-refractivity contribution in [1.82, 2.24) is 9.88 Å². The summed E-state index contributed by atoms with van der Waals surface area (Å²) in [6.45, 7) is 5.55. The van der Waals surface area contributed by atoms with Gasteiger partial charge in [0.25, 0.3) is 0 Å². The van der Waals surface area contributed by atoms with Crippen molar-refractivity contribution in [2.24, 2.45) is 5.92 Å². The number of hydrogen-bond acceptors (Lipinski definition) is 2. The Kier molecular flexibility index (Phi) is 7.24. The Bertz CT molecular complexity index is 723. The normalized spacial score (nSPS) is 15.6. The molecule has 0 aliphatic heterocycles. The lowest BCUT2D eigenvalue weighted by atomic mass is 9.89. The number of halogens is 2. The molecular weight excluding hydrogens is 456 g/mol. The molecule has 142 valence electrons. The van der Waals surface area contributed by atoms with Crippen LogP contribution in [-0.4, -0.2) is 30.1 Å². The van der Waals surface area contributed by atoms with Gasteiger partial charge in [-0.25, -0.2) is 0 Å². The zero-order chi connectivity index (χ0) is 18.5. The Labute approximate surface area is 173 Å². The summed E-state index contributed by atoms with van der Waals surface area (Å²) in [6, 6.07) is 8.46. The van der Waals surface area contributed by atoms with E-state index in [2.05, 4.69) is 66.9 Å². The van der Waals surface area contributed by atoms with Gasteiger partial charge in [-0.05, 0) is 65.5 Å². The third-order valence-corrected chi connectivity index (χ3v) is 6.38. The highest BCUT2D eigenvalue weighted by Crippen LogP contribution is 2.38. The van der Waals surface area contributed by atoms with Crippen molar-refractivity contribution >= 4 is 31.9 Å². The maximum atomic E-state index is 5.60. The van der Waals surface area contributed by atoms with Crippen molar-refractivity contribution in [3.63, 3.8) is 0 Å². The molecular formula is C21H28Br2N2O. The fraction of sp³-hybridized carbons (Fsp3) is 0.524. The number of methoxy groups -OCH3 is 1. The summed E-state index contributed by atoms with van der Waals surface area (Å²) in [5, 5.41) is 0. The lowest BCUT2D eigenvalue weighted by molar-refractivity contribution is 0.200. The van der Waals surface area contributed by atoms with E-state index in [9.17, 15) is 0 Å². The summed E-state index contributed by atoms with van der Waals surface area (Å²) in [4.78, 5) is 6.17. The standard InChI is InChI=1S/C21H28Br2N2O/c1-3-25(13-15-7-5-4-6-8-15)14-17-9-10-20(24-17)18-11-16(22)12-19(23)21(18)26-2/h9-12,15,24H,3-8,13-14H2,1-2H3. The minimum absolute atomic E-state index is 0.858. The monoisotopic (exact) mass is 482 g/mol. The van der Waals surface area contributed by atoms with E-state index in [-0.39, 0.29) is 0 Å². The van der Waals surface area contributed by atoms with Crippen LogP contribution < -0.4 is 4.74 Å². The number of nitrogens with zero attached hydrogens (tertiary/aromatic N) is 1. The molecule has 1 saturated carbocycles. The predicted molar refractivity (Wildman–Crippen MR) is 116 cm³/mol. The van der Waals surface area contributed by atoms with E-state index in [0.29, 0.717) is 0 Å². The van der Waals surface area contributed by atoms with Crippen LogP contribution in [-0.2, 0) is 6.54 Å². The number of ether oxygens (including phenoxy) is 1. The highest BCUT2D eigenvalue weighted by Gasteiger charge is 2.18. The third-order valence-electron chi connectivity index (χ3n) is 5.33. The second-order valence-corrected chi connectivity index (χ2v) is 8.97. The highest BCUT2D eigenvalue weighted by molar-refractivity contribution is 9.11. The first-order valence-corrected chi connectivity index (χ1v) is 11.1. The van der Waals surface area contributed by atoms with Gasteiger partial charge in [0.05, 0.1) is 11.6 Å². The third kappa shape index (κ3) is 4.93. The van der Waals surface area contributed by atoms with Gasteiger partial charge in [0.2, 0.25) is 0 Å². The van der Waals surface area contributed by atoms with Crippen LogP contribution >= 0.6 is 31.9 Å². The van der Waals surface area contributed by atoms with Crippen molar-refractivity contribution in [2.45, 2.75) is 45.6 Å². The Morgan fingerprint density at radius 2 is 1.92 bits per heavy atom. The molecule has 3 rings (SSSR count). The second-order valence-electron chi connectivity index (χ2n) is 7.20. The largest absolute Gasteiger partial charge is 0.495 e. The van der Waals surface area contributed by atoms with Crippen LogP contribution in [0, 0.1) is 5.92 Å². The molecule has 1 aromatic heterocycles. The molecule has 0 atom stereocenters. The quantitative estimate of drug-likeness (QED) is 0.479. The molecule has 1 N–H and O–H groups in total. The van der Waals surface area contributed by atoms with Crippen LogP contribution in [0.15, 0.2) is 33.2 Å². The first kappa shape index (κ1) is 20.0. The molecule has 1 heterocycles. The SMILES string of the molecule is CCN(Cc1ccc(-c2cc(Br)cc(Br)c2OC)[nH]1)CC1CCCCC1. The van der Waals surface area contributed by atoms with Gasteiger partial charge in [0.1, 0.15) is 5.75 Å². The van der Waals surface area contributed by atoms with E-state index in [1.54, 1.807) is 7.11 Å². The Hall–Kier alpha value is -0.780. The number of nitrogens with one attached hydrogen (secondary N) is 1. The maximum Gasteiger partial charge on any atom is 0.142 e. The molecule has 1 aliphatic carbocycles. The van der Waals surface area contributed by atoms with Gasteiger partial charge in [-0.2, -0.15) is 0 Å². The number of rotatable bonds is 7. The number of benzene rings is 1. The van der Waals surface area contributed by atoms with Crippen molar-refractivity contribution in [3.05, 3.63) is 38.9 Å². The minimum atomic E-state index is 0.858. The average molecular weight is 484 g/mol. The van der Waals surface area contributed by atoms with Crippen molar-refractivity contribution in [3.8, 4) is 17.0 Å². The van der Waals surface area contributed by atoms with Gasteiger partial charge < -0.3 is 9.72 Å². The fourth-order valence-electron chi connectivity index (χ4n) is 3.94. The van der Waals surface area contributed by atoms with Crippen molar-refractivity contribution in [1.29, 1.82) is 0 Å². The molecule has 0 saturated heterocycles. The Morgan fingerprint density at radius 3 is 2.62 bits per heavy atom. The number of aromatic amines is 1. The molecule has 1 aromatic carbocycles.